The standard InChI is InChI=1S/C20H28F2N6O/c1-3-23-20(24-10-8-15-12-25-27(2)13-15)26-16-9-11-28(14-16)17-6-4-5-7-18(17)29-19(21)22/h4-7,12-13,16,19H,3,8-11,14H2,1-2H3,(H2,23,24,26). The minimum atomic E-state index is -2.83. The molecule has 0 spiro atoms. The number of benzene rings is 1. The van der Waals surface area contributed by atoms with Crippen molar-refractivity contribution in [1.82, 2.24) is 20.4 Å². The van der Waals surface area contributed by atoms with E-state index in [1.807, 2.05) is 38.5 Å². The second-order valence-electron chi connectivity index (χ2n) is 6.96. The van der Waals surface area contributed by atoms with Crippen LogP contribution < -0.4 is 20.3 Å². The zero-order valence-corrected chi connectivity index (χ0v) is 16.8. The van der Waals surface area contributed by atoms with Gasteiger partial charge in [-0.15, -0.1) is 0 Å². The number of nitrogens with zero attached hydrogens (tertiary/aromatic N) is 4. The highest BCUT2D eigenvalue weighted by molar-refractivity contribution is 5.80. The summed E-state index contributed by atoms with van der Waals surface area (Å²) in [5.41, 5.74) is 1.84. The Balaban J connectivity index is 1.57. The van der Waals surface area contributed by atoms with Crippen LogP contribution in [0.5, 0.6) is 5.75 Å². The Kier molecular flexibility index (Phi) is 7.26. The van der Waals surface area contributed by atoms with E-state index in [0.717, 1.165) is 37.5 Å². The van der Waals surface area contributed by atoms with E-state index in [2.05, 4.69) is 30.4 Å². The Labute approximate surface area is 169 Å². The van der Waals surface area contributed by atoms with E-state index in [1.165, 1.54) is 0 Å². The molecule has 1 atom stereocenters. The number of rotatable bonds is 8. The number of para-hydroxylation sites is 2. The van der Waals surface area contributed by atoms with Crippen molar-refractivity contribution in [2.45, 2.75) is 32.4 Å². The van der Waals surface area contributed by atoms with E-state index in [-0.39, 0.29) is 11.8 Å². The van der Waals surface area contributed by atoms with E-state index in [9.17, 15) is 8.78 Å². The molecule has 1 unspecified atom stereocenters. The molecule has 158 valence electrons. The second-order valence-corrected chi connectivity index (χ2v) is 6.96. The summed E-state index contributed by atoms with van der Waals surface area (Å²) in [6.45, 7) is 2.06. The van der Waals surface area contributed by atoms with Crippen LogP contribution in [0.2, 0.25) is 0 Å². The van der Waals surface area contributed by atoms with Crippen molar-refractivity contribution in [3.8, 4) is 5.75 Å². The van der Waals surface area contributed by atoms with Gasteiger partial charge in [-0.05, 0) is 37.5 Å². The minimum Gasteiger partial charge on any atom is -0.433 e. The van der Waals surface area contributed by atoms with Crippen molar-refractivity contribution in [2.75, 3.05) is 31.1 Å². The molecule has 1 saturated heterocycles. The fourth-order valence-corrected chi connectivity index (χ4v) is 3.42. The first-order chi connectivity index (χ1) is 14.0. The Morgan fingerprint density at radius 3 is 2.93 bits per heavy atom. The van der Waals surface area contributed by atoms with Crippen molar-refractivity contribution in [3.63, 3.8) is 0 Å². The van der Waals surface area contributed by atoms with Gasteiger partial charge < -0.3 is 20.3 Å². The summed E-state index contributed by atoms with van der Waals surface area (Å²) in [6.07, 6.45) is 5.54. The van der Waals surface area contributed by atoms with Gasteiger partial charge in [-0.3, -0.25) is 9.67 Å². The van der Waals surface area contributed by atoms with Gasteiger partial charge in [0.25, 0.3) is 0 Å². The number of nitrogens with one attached hydrogen (secondary N) is 2. The first-order valence-electron chi connectivity index (χ1n) is 9.86. The van der Waals surface area contributed by atoms with Crippen LogP contribution >= 0.6 is 0 Å². The summed E-state index contributed by atoms with van der Waals surface area (Å²) in [6, 6.07) is 7.09. The van der Waals surface area contributed by atoms with Gasteiger partial charge in [0.2, 0.25) is 0 Å². The van der Waals surface area contributed by atoms with Crippen LogP contribution in [0.4, 0.5) is 14.5 Å². The van der Waals surface area contributed by atoms with Crippen LogP contribution in [0.1, 0.15) is 18.9 Å². The van der Waals surface area contributed by atoms with E-state index < -0.39 is 6.61 Å². The Morgan fingerprint density at radius 1 is 1.38 bits per heavy atom. The number of alkyl halides is 2. The zero-order chi connectivity index (χ0) is 20.6. The average Bonchev–Trinajstić information content (AvgIpc) is 3.31. The van der Waals surface area contributed by atoms with E-state index in [1.54, 1.807) is 16.8 Å². The number of aryl methyl sites for hydroxylation is 1. The van der Waals surface area contributed by atoms with Gasteiger partial charge in [0, 0.05) is 45.5 Å². The van der Waals surface area contributed by atoms with Crippen molar-refractivity contribution >= 4 is 11.6 Å². The Morgan fingerprint density at radius 2 is 2.21 bits per heavy atom. The highest BCUT2D eigenvalue weighted by atomic mass is 19.3. The summed E-state index contributed by atoms with van der Waals surface area (Å²) in [7, 11) is 1.90. The monoisotopic (exact) mass is 406 g/mol. The number of ether oxygens (including phenoxy) is 1. The lowest BCUT2D eigenvalue weighted by Gasteiger charge is -2.22. The molecule has 0 radical (unpaired) electrons. The first kappa shape index (κ1) is 20.9. The van der Waals surface area contributed by atoms with Gasteiger partial charge in [0.05, 0.1) is 11.9 Å². The first-order valence-corrected chi connectivity index (χ1v) is 9.86. The normalized spacial score (nSPS) is 17.1. The highest BCUT2D eigenvalue weighted by Gasteiger charge is 2.26. The molecule has 29 heavy (non-hydrogen) atoms. The lowest BCUT2D eigenvalue weighted by molar-refractivity contribution is -0.0495. The van der Waals surface area contributed by atoms with Gasteiger partial charge >= 0.3 is 6.61 Å². The van der Waals surface area contributed by atoms with Gasteiger partial charge in [-0.2, -0.15) is 13.9 Å². The number of guanidine groups is 1. The molecular weight excluding hydrogens is 378 g/mol. The topological polar surface area (TPSA) is 66.7 Å². The lowest BCUT2D eigenvalue weighted by Crippen LogP contribution is -2.44. The molecule has 1 aliphatic heterocycles. The maximum absolute atomic E-state index is 12.7. The molecule has 2 N–H and O–H groups in total. The third-order valence-electron chi connectivity index (χ3n) is 4.72. The summed E-state index contributed by atoms with van der Waals surface area (Å²) in [5, 5.41) is 10.9. The van der Waals surface area contributed by atoms with Gasteiger partial charge in [-0.25, -0.2) is 0 Å². The SMILES string of the molecule is CCNC(=NCCc1cnn(C)c1)NC1CCN(c2ccccc2OC(F)F)C1. The van der Waals surface area contributed by atoms with Crippen molar-refractivity contribution in [3.05, 3.63) is 42.2 Å². The Bertz CT molecular complexity index is 810. The van der Waals surface area contributed by atoms with Crippen LogP contribution in [0.15, 0.2) is 41.7 Å². The molecule has 2 aromatic rings. The van der Waals surface area contributed by atoms with Crippen molar-refractivity contribution < 1.29 is 13.5 Å². The molecule has 1 fully saturated rings. The molecule has 1 aromatic carbocycles. The number of anilines is 1. The molecule has 7 nitrogen and oxygen atoms in total. The number of hydrogen-bond donors (Lipinski definition) is 2. The summed E-state index contributed by atoms with van der Waals surface area (Å²) >= 11 is 0. The zero-order valence-electron chi connectivity index (χ0n) is 16.8. The van der Waals surface area contributed by atoms with Crippen molar-refractivity contribution in [1.29, 1.82) is 0 Å². The molecule has 9 heteroatoms. The highest BCUT2D eigenvalue weighted by Crippen LogP contribution is 2.31. The molecular formula is C20H28F2N6O. The molecule has 0 aliphatic carbocycles. The molecule has 0 bridgehead atoms. The van der Waals surface area contributed by atoms with Crippen LogP contribution in [-0.2, 0) is 13.5 Å². The third-order valence-corrected chi connectivity index (χ3v) is 4.72. The van der Waals surface area contributed by atoms with Gasteiger partial charge in [0.15, 0.2) is 5.96 Å². The fraction of sp³-hybridized carbons (Fsp3) is 0.500. The maximum Gasteiger partial charge on any atom is 0.387 e. The molecule has 1 aliphatic rings. The number of halogens is 2. The minimum absolute atomic E-state index is 0.172. The molecule has 3 rings (SSSR count). The molecule has 0 amide bonds. The van der Waals surface area contributed by atoms with Gasteiger partial charge in [-0.1, -0.05) is 12.1 Å². The lowest BCUT2D eigenvalue weighted by atomic mass is 10.2. The van der Waals surface area contributed by atoms with E-state index >= 15 is 0 Å². The van der Waals surface area contributed by atoms with Crippen LogP contribution in [0.3, 0.4) is 0 Å². The van der Waals surface area contributed by atoms with E-state index in [4.69, 9.17) is 0 Å². The average molecular weight is 406 g/mol. The fourth-order valence-electron chi connectivity index (χ4n) is 3.42. The van der Waals surface area contributed by atoms with Gasteiger partial charge in [0.1, 0.15) is 5.75 Å². The quantitative estimate of drug-likeness (QED) is 0.521. The van der Waals surface area contributed by atoms with E-state index in [0.29, 0.717) is 18.8 Å². The smallest absolute Gasteiger partial charge is 0.387 e. The van der Waals surface area contributed by atoms with Crippen molar-refractivity contribution in [2.24, 2.45) is 12.0 Å². The van der Waals surface area contributed by atoms with Crippen LogP contribution in [-0.4, -0.2) is 54.6 Å². The molecule has 1 aromatic heterocycles. The number of aromatic nitrogens is 2. The predicted octanol–water partition coefficient (Wildman–Crippen LogP) is 2.40. The third kappa shape index (κ3) is 6.07. The maximum atomic E-state index is 12.7. The molecule has 2 heterocycles. The summed E-state index contributed by atoms with van der Waals surface area (Å²) < 4.78 is 31.8. The number of aliphatic imine (C=N–C) groups is 1. The summed E-state index contributed by atoms with van der Waals surface area (Å²) in [5.74, 6) is 0.973. The molecule has 0 saturated carbocycles. The second kappa shape index (κ2) is 10.1. The van der Waals surface area contributed by atoms with Crippen LogP contribution in [0.25, 0.3) is 0 Å². The Hall–Kier alpha value is -2.84. The summed E-state index contributed by atoms with van der Waals surface area (Å²) in [4.78, 5) is 6.72. The predicted molar refractivity (Wildman–Crippen MR) is 110 cm³/mol. The largest absolute Gasteiger partial charge is 0.433 e. The number of hydrogen-bond acceptors (Lipinski definition) is 4. The van der Waals surface area contributed by atoms with Crippen LogP contribution in [0, 0.1) is 0 Å².